The Morgan fingerprint density at radius 1 is 1.50 bits per heavy atom. The molecule has 0 aromatic rings. The van der Waals surface area contributed by atoms with E-state index in [0.717, 1.165) is 6.42 Å². The third-order valence-corrected chi connectivity index (χ3v) is 3.08. The second-order valence-corrected chi connectivity index (χ2v) is 5.25. The second-order valence-electron chi connectivity index (χ2n) is 5.25. The van der Waals surface area contributed by atoms with E-state index in [1.807, 2.05) is 0 Å². The molecule has 0 spiro atoms. The van der Waals surface area contributed by atoms with Crippen molar-refractivity contribution >= 4 is 5.97 Å². The van der Waals surface area contributed by atoms with E-state index in [4.69, 9.17) is 5.11 Å². The maximum Gasteiger partial charge on any atom is 0.304 e. The van der Waals surface area contributed by atoms with Gasteiger partial charge in [-0.1, -0.05) is 20.8 Å². The minimum Gasteiger partial charge on any atom is -0.481 e. The quantitative estimate of drug-likeness (QED) is 0.726. The Balaban J connectivity index is 2.29. The maximum atomic E-state index is 10.3. The molecule has 3 nitrogen and oxygen atoms in total. The molecule has 3 heteroatoms. The zero-order chi connectivity index (χ0) is 10.8. The largest absolute Gasteiger partial charge is 0.481 e. The van der Waals surface area contributed by atoms with Crippen molar-refractivity contribution in [3.63, 3.8) is 0 Å². The molecule has 1 rings (SSSR count). The highest BCUT2D eigenvalue weighted by Crippen LogP contribution is 2.40. The predicted molar refractivity (Wildman–Crippen MR) is 56.2 cm³/mol. The number of nitrogens with one attached hydrogen (secondary N) is 1. The number of aliphatic carboxylic acids is 1. The summed E-state index contributed by atoms with van der Waals surface area (Å²) in [7, 11) is 0. The standard InChI is InChI=1S/C11H21NO2/c1-8-6-11(2,3)7-9(8)12-5-4-10(13)14/h8-9,12H,4-7H2,1-3H3,(H,13,14). The first-order valence-corrected chi connectivity index (χ1v) is 5.36. The minimum atomic E-state index is -0.720. The molecule has 2 atom stereocenters. The van der Waals surface area contributed by atoms with E-state index in [9.17, 15) is 4.79 Å². The third-order valence-electron chi connectivity index (χ3n) is 3.08. The summed E-state index contributed by atoms with van der Waals surface area (Å²) in [4.78, 5) is 10.3. The van der Waals surface area contributed by atoms with Crippen molar-refractivity contribution in [2.75, 3.05) is 6.54 Å². The summed E-state index contributed by atoms with van der Waals surface area (Å²) in [6, 6.07) is 0.504. The van der Waals surface area contributed by atoms with Crippen LogP contribution in [-0.2, 0) is 4.79 Å². The fourth-order valence-electron chi connectivity index (χ4n) is 2.53. The van der Waals surface area contributed by atoms with Crippen molar-refractivity contribution < 1.29 is 9.90 Å². The molecular formula is C11H21NO2. The van der Waals surface area contributed by atoms with Gasteiger partial charge in [-0.25, -0.2) is 0 Å². The molecule has 1 saturated carbocycles. The molecule has 0 amide bonds. The number of hydrogen-bond acceptors (Lipinski definition) is 2. The van der Waals surface area contributed by atoms with Crippen LogP contribution in [0.15, 0.2) is 0 Å². The number of hydrogen-bond donors (Lipinski definition) is 2. The topological polar surface area (TPSA) is 49.3 Å². The van der Waals surface area contributed by atoms with E-state index in [-0.39, 0.29) is 6.42 Å². The molecule has 0 aliphatic heterocycles. The molecule has 0 bridgehead atoms. The van der Waals surface area contributed by atoms with Gasteiger partial charge in [0.1, 0.15) is 0 Å². The summed E-state index contributed by atoms with van der Waals surface area (Å²) in [5.41, 5.74) is 0.417. The Labute approximate surface area is 85.9 Å². The van der Waals surface area contributed by atoms with Gasteiger partial charge in [0.2, 0.25) is 0 Å². The van der Waals surface area contributed by atoms with Crippen molar-refractivity contribution in [3.05, 3.63) is 0 Å². The van der Waals surface area contributed by atoms with E-state index in [1.54, 1.807) is 0 Å². The fourth-order valence-corrected chi connectivity index (χ4v) is 2.53. The van der Waals surface area contributed by atoms with Gasteiger partial charge in [0.05, 0.1) is 6.42 Å². The Hall–Kier alpha value is -0.570. The summed E-state index contributed by atoms with van der Waals surface area (Å²) in [6.45, 7) is 7.40. The van der Waals surface area contributed by atoms with Crippen LogP contribution in [0.25, 0.3) is 0 Å². The first-order valence-electron chi connectivity index (χ1n) is 5.36. The zero-order valence-electron chi connectivity index (χ0n) is 9.34. The summed E-state index contributed by atoms with van der Waals surface area (Å²) in [6.07, 6.45) is 2.62. The lowest BCUT2D eigenvalue weighted by molar-refractivity contribution is -0.136. The number of carboxylic acids is 1. The van der Waals surface area contributed by atoms with Crippen molar-refractivity contribution in [2.24, 2.45) is 11.3 Å². The van der Waals surface area contributed by atoms with Crippen molar-refractivity contribution in [3.8, 4) is 0 Å². The Morgan fingerprint density at radius 2 is 2.14 bits per heavy atom. The molecular weight excluding hydrogens is 178 g/mol. The van der Waals surface area contributed by atoms with Crippen LogP contribution in [0.2, 0.25) is 0 Å². The zero-order valence-corrected chi connectivity index (χ0v) is 9.34. The van der Waals surface area contributed by atoms with Crippen LogP contribution >= 0.6 is 0 Å². The first kappa shape index (κ1) is 11.5. The molecule has 0 radical (unpaired) electrons. The molecule has 0 saturated heterocycles. The van der Waals surface area contributed by atoms with Gasteiger partial charge in [-0.15, -0.1) is 0 Å². The van der Waals surface area contributed by atoms with Crippen LogP contribution in [0.4, 0.5) is 0 Å². The molecule has 2 unspecified atom stereocenters. The Bertz CT molecular complexity index is 213. The SMILES string of the molecule is CC1CC(C)(C)CC1NCCC(=O)O. The summed E-state index contributed by atoms with van der Waals surface area (Å²) in [5, 5.41) is 11.9. The lowest BCUT2D eigenvalue weighted by atomic mass is 9.91. The van der Waals surface area contributed by atoms with Gasteiger partial charge in [-0.2, -0.15) is 0 Å². The number of carbonyl (C=O) groups is 1. The Kier molecular flexibility index (Phi) is 3.53. The van der Waals surface area contributed by atoms with E-state index < -0.39 is 5.97 Å². The molecule has 1 fully saturated rings. The first-order chi connectivity index (χ1) is 6.41. The van der Waals surface area contributed by atoms with Gasteiger partial charge >= 0.3 is 5.97 Å². The van der Waals surface area contributed by atoms with Crippen molar-refractivity contribution in [1.29, 1.82) is 0 Å². The Morgan fingerprint density at radius 3 is 2.57 bits per heavy atom. The maximum absolute atomic E-state index is 10.3. The molecule has 0 aromatic carbocycles. The predicted octanol–water partition coefficient (Wildman–Crippen LogP) is 1.88. The van der Waals surface area contributed by atoms with Gasteiger partial charge < -0.3 is 10.4 Å². The smallest absolute Gasteiger partial charge is 0.304 e. The average Bonchev–Trinajstić information content (AvgIpc) is 2.24. The van der Waals surface area contributed by atoms with Gasteiger partial charge in [-0.05, 0) is 24.2 Å². The molecule has 14 heavy (non-hydrogen) atoms. The monoisotopic (exact) mass is 199 g/mol. The molecule has 82 valence electrons. The lowest BCUT2D eigenvalue weighted by Crippen LogP contribution is -2.33. The van der Waals surface area contributed by atoms with E-state index in [2.05, 4.69) is 26.1 Å². The average molecular weight is 199 g/mol. The van der Waals surface area contributed by atoms with Crippen LogP contribution in [0.1, 0.15) is 40.0 Å². The van der Waals surface area contributed by atoms with Crippen molar-refractivity contribution in [1.82, 2.24) is 5.32 Å². The minimum absolute atomic E-state index is 0.226. The van der Waals surface area contributed by atoms with E-state index in [0.29, 0.717) is 23.9 Å². The summed E-state index contributed by atoms with van der Waals surface area (Å²) in [5.74, 6) is -0.0544. The van der Waals surface area contributed by atoms with Crippen LogP contribution in [0.3, 0.4) is 0 Å². The van der Waals surface area contributed by atoms with Crippen LogP contribution in [0.5, 0.6) is 0 Å². The van der Waals surface area contributed by atoms with Gasteiger partial charge in [-0.3, -0.25) is 4.79 Å². The number of carboxylic acid groups (broad SMARTS) is 1. The van der Waals surface area contributed by atoms with E-state index in [1.165, 1.54) is 6.42 Å². The molecule has 1 aliphatic rings. The van der Waals surface area contributed by atoms with Crippen LogP contribution < -0.4 is 5.32 Å². The lowest BCUT2D eigenvalue weighted by Gasteiger charge is -2.18. The third kappa shape index (κ3) is 3.29. The van der Waals surface area contributed by atoms with Crippen molar-refractivity contribution in [2.45, 2.75) is 46.1 Å². The fraction of sp³-hybridized carbons (Fsp3) is 0.909. The number of rotatable bonds is 4. The van der Waals surface area contributed by atoms with E-state index >= 15 is 0 Å². The van der Waals surface area contributed by atoms with Gasteiger partial charge in [0.25, 0.3) is 0 Å². The van der Waals surface area contributed by atoms with Crippen LogP contribution in [0, 0.1) is 11.3 Å². The molecule has 2 N–H and O–H groups in total. The normalized spacial score (nSPS) is 30.5. The van der Waals surface area contributed by atoms with Gasteiger partial charge in [0.15, 0.2) is 0 Å². The summed E-state index contributed by atoms with van der Waals surface area (Å²) < 4.78 is 0. The van der Waals surface area contributed by atoms with Gasteiger partial charge in [0, 0.05) is 12.6 Å². The van der Waals surface area contributed by atoms with Crippen LogP contribution in [-0.4, -0.2) is 23.7 Å². The molecule has 0 aromatic heterocycles. The molecule has 1 aliphatic carbocycles. The highest BCUT2D eigenvalue weighted by Gasteiger charge is 2.36. The summed E-state index contributed by atoms with van der Waals surface area (Å²) >= 11 is 0. The molecule has 0 heterocycles. The highest BCUT2D eigenvalue weighted by molar-refractivity contribution is 5.66. The second kappa shape index (κ2) is 4.30. The highest BCUT2D eigenvalue weighted by atomic mass is 16.4.